The number of imidazole rings is 1. The zero-order valence-corrected chi connectivity index (χ0v) is 39.1. The molecule has 1 aromatic heterocycles. The Bertz CT molecular complexity index is 2810. The maximum absolute atomic E-state index is 16.5. The van der Waals surface area contributed by atoms with Gasteiger partial charge in [-0.3, -0.25) is 48.5 Å². The number of piperidine rings is 2. The van der Waals surface area contributed by atoms with Gasteiger partial charge in [0.25, 0.3) is 0 Å². The molecule has 3 aromatic carbocycles. The van der Waals surface area contributed by atoms with Crippen molar-refractivity contribution in [3.63, 3.8) is 0 Å². The van der Waals surface area contributed by atoms with Crippen LogP contribution in [0, 0.1) is 11.7 Å². The number of fused-ring (bicyclic) bond motifs is 4. The third kappa shape index (κ3) is 7.24. The first kappa shape index (κ1) is 45.4. The Labute approximate surface area is 396 Å². The van der Waals surface area contributed by atoms with Crippen molar-refractivity contribution in [3.8, 4) is 0 Å². The number of imide groups is 2. The summed E-state index contributed by atoms with van der Waals surface area (Å²) in [5.41, 5.74) is 0.544. The Morgan fingerprint density at radius 1 is 0.851 bits per heavy atom. The van der Waals surface area contributed by atoms with E-state index in [-0.39, 0.29) is 64.7 Å². The third-order valence-corrected chi connectivity index (χ3v) is 16.6. The topological polar surface area (TPSA) is 172 Å². The number of anilines is 1. The lowest BCUT2D eigenvalue weighted by Gasteiger charge is -2.47. The molecule has 2 aliphatic carbocycles. The molecule has 5 fully saturated rings. The van der Waals surface area contributed by atoms with Gasteiger partial charge in [-0.05, 0) is 111 Å². The van der Waals surface area contributed by atoms with Gasteiger partial charge >= 0.3 is 5.69 Å². The van der Waals surface area contributed by atoms with Gasteiger partial charge in [-0.2, -0.15) is 0 Å². The largest absolute Gasteiger partial charge is 0.352 e. The molecule has 5 heterocycles. The number of carbonyl (C=O) groups is 6. The lowest BCUT2D eigenvalue weighted by atomic mass is 9.55. The maximum Gasteiger partial charge on any atom is 0.329 e. The number of carbonyl (C=O) groups excluding carboxylic acids is 6. The molecule has 67 heavy (non-hydrogen) atoms. The van der Waals surface area contributed by atoms with Crippen LogP contribution in [-0.4, -0.2) is 80.2 Å². The summed E-state index contributed by atoms with van der Waals surface area (Å²) in [6.45, 7) is 2.49. The Morgan fingerprint density at radius 2 is 1.58 bits per heavy atom. The van der Waals surface area contributed by atoms with E-state index in [2.05, 4.69) is 16.0 Å². The van der Waals surface area contributed by atoms with Crippen LogP contribution in [0.15, 0.2) is 59.4 Å². The summed E-state index contributed by atoms with van der Waals surface area (Å²) in [5.74, 6) is -3.92. The Kier molecular flexibility index (Phi) is 11.7. The first-order valence-corrected chi connectivity index (χ1v) is 24.4. The highest BCUT2D eigenvalue weighted by Gasteiger charge is 2.74. The number of aromatic nitrogens is 2. The van der Waals surface area contributed by atoms with E-state index in [1.807, 2.05) is 23.1 Å². The standard InChI is InChI=1S/C50H54Cl2FN7O7/c1-27(61)59-38-26-31(51)12-15-34(38)50(47(59)66)41(33-7-6-8-35(52)42(33)53)43(56-49(50)21-4-3-5-22-49)45(64)54-32-13-9-29(10-14-32)46(65)58-23-19-28(20-24-58)30-11-16-36-39(25-30)57(2)48(67)60(36)37-17-18-40(62)55-44(37)63/h6-8,11-12,15-16,25-26,28-29,32,37,41,43,56H,3-5,9-10,13-14,17-24H2,1-2H3,(H,54,64)(H,55,62,63)/t29?,32?,37?,41-,43+,50+/m0/s1. The maximum atomic E-state index is 16.5. The molecule has 2 spiro atoms. The number of hydrogen-bond acceptors (Lipinski definition) is 8. The molecule has 10 rings (SSSR count). The van der Waals surface area contributed by atoms with Crippen LogP contribution in [-0.2, 0) is 41.2 Å². The van der Waals surface area contributed by atoms with Crippen LogP contribution in [0.2, 0.25) is 10.0 Å². The van der Waals surface area contributed by atoms with E-state index in [1.54, 1.807) is 41.9 Å². The average Bonchev–Trinajstić information content (AvgIpc) is 3.85. The molecule has 2 saturated carbocycles. The summed E-state index contributed by atoms with van der Waals surface area (Å²) >= 11 is 12.9. The van der Waals surface area contributed by atoms with Crippen molar-refractivity contribution in [2.75, 3.05) is 18.0 Å². The van der Waals surface area contributed by atoms with Crippen molar-refractivity contribution in [1.29, 1.82) is 0 Å². The van der Waals surface area contributed by atoms with E-state index in [1.165, 1.54) is 17.6 Å². The van der Waals surface area contributed by atoms with Gasteiger partial charge in [-0.1, -0.05) is 66.7 Å². The van der Waals surface area contributed by atoms with Gasteiger partial charge in [-0.25, -0.2) is 14.1 Å². The van der Waals surface area contributed by atoms with Crippen molar-refractivity contribution >= 4 is 75.4 Å². The molecule has 352 valence electrons. The first-order valence-electron chi connectivity index (χ1n) is 23.7. The number of nitrogens with one attached hydrogen (secondary N) is 3. The molecule has 3 N–H and O–H groups in total. The van der Waals surface area contributed by atoms with Crippen LogP contribution in [0.25, 0.3) is 11.0 Å². The lowest BCUT2D eigenvalue weighted by molar-refractivity contribution is -0.138. The molecule has 4 aromatic rings. The van der Waals surface area contributed by atoms with Gasteiger partial charge in [0.15, 0.2) is 0 Å². The molecule has 6 aliphatic rings. The summed E-state index contributed by atoms with van der Waals surface area (Å²) in [6, 6.07) is 13.5. The zero-order valence-electron chi connectivity index (χ0n) is 37.5. The minimum absolute atomic E-state index is 0.103. The molecule has 4 aliphatic heterocycles. The molecule has 14 nitrogen and oxygen atoms in total. The quantitative estimate of drug-likeness (QED) is 0.186. The molecule has 6 amide bonds. The van der Waals surface area contributed by atoms with Crippen molar-refractivity contribution < 1.29 is 33.2 Å². The predicted octanol–water partition coefficient (Wildman–Crippen LogP) is 6.43. The number of amides is 6. The van der Waals surface area contributed by atoms with Gasteiger partial charge in [0.1, 0.15) is 17.3 Å². The molecule has 0 radical (unpaired) electrons. The fourth-order valence-corrected chi connectivity index (χ4v) is 13.3. The second-order valence-corrected chi connectivity index (χ2v) is 20.4. The Morgan fingerprint density at radius 3 is 2.28 bits per heavy atom. The highest BCUT2D eigenvalue weighted by molar-refractivity contribution is 6.32. The summed E-state index contributed by atoms with van der Waals surface area (Å²) in [7, 11) is 1.68. The highest BCUT2D eigenvalue weighted by atomic mass is 35.5. The van der Waals surface area contributed by atoms with Crippen LogP contribution in [0.4, 0.5) is 10.1 Å². The fraction of sp³-hybridized carbons (Fsp3) is 0.500. The molecule has 0 bridgehead atoms. The van der Waals surface area contributed by atoms with Crippen molar-refractivity contribution in [3.05, 3.63) is 97.6 Å². The van der Waals surface area contributed by atoms with E-state index in [0.29, 0.717) is 78.9 Å². The molecule has 3 saturated heterocycles. The third-order valence-electron chi connectivity index (χ3n) is 16.1. The van der Waals surface area contributed by atoms with Crippen LogP contribution >= 0.6 is 23.2 Å². The SMILES string of the molecule is CC(=O)N1C(=O)[C@@]2(c3ccc(Cl)cc31)[C@@H](c1cccc(Cl)c1F)[C@H](C(=O)NC1CCC(C(=O)N3CCC(c4ccc5c(c4)n(C)c(=O)n5C4CCC(=O)NC4=O)CC3)CC1)NC21CCCCC1. The van der Waals surface area contributed by atoms with Crippen LogP contribution in [0.3, 0.4) is 0 Å². The van der Waals surface area contributed by atoms with Crippen molar-refractivity contribution in [1.82, 2.24) is 30.0 Å². The summed E-state index contributed by atoms with van der Waals surface area (Å²) in [6.07, 6.45) is 7.72. The molecule has 1 unspecified atom stereocenters. The lowest BCUT2D eigenvalue weighted by Crippen LogP contribution is -2.61. The smallest absolute Gasteiger partial charge is 0.329 e. The van der Waals surface area contributed by atoms with Crippen molar-refractivity contribution in [2.24, 2.45) is 13.0 Å². The Hall–Kier alpha value is -5.38. The predicted molar refractivity (Wildman–Crippen MR) is 249 cm³/mol. The minimum atomic E-state index is -1.54. The summed E-state index contributed by atoms with van der Waals surface area (Å²) in [5, 5.41) is 9.48. The number of halogens is 3. The van der Waals surface area contributed by atoms with Crippen LogP contribution in [0.1, 0.15) is 125 Å². The number of benzene rings is 3. The monoisotopic (exact) mass is 953 g/mol. The van der Waals surface area contributed by atoms with Gasteiger partial charge in [0.2, 0.25) is 35.4 Å². The number of hydrogen-bond donors (Lipinski definition) is 3. The number of nitrogens with zero attached hydrogens (tertiary/aromatic N) is 4. The van der Waals surface area contributed by atoms with E-state index in [4.69, 9.17) is 23.2 Å². The van der Waals surface area contributed by atoms with Crippen molar-refractivity contribution in [2.45, 2.75) is 131 Å². The van der Waals surface area contributed by atoms with Gasteiger partial charge in [-0.15, -0.1) is 0 Å². The Balaban J connectivity index is 0.835. The normalized spacial score (nSPS) is 27.5. The van der Waals surface area contributed by atoms with Gasteiger partial charge < -0.3 is 10.2 Å². The van der Waals surface area contributed by atoms with E-state index < -0.39 is 52.5 Å². The van der Waals surface area contributed by atoms with E-state index in [0.717, 1.165) is 42.6 Å². The molecule has 17 heteroatoms. The fourth-order valence-electron chi connectivity index (χ4n) is 13.0. The second kappa shape index (κ2) is 17.3. The summed E-state index contributed by atoms with van der Waals surface area (Å²) < 4.78 is 19.6. The molecular formula is C50H54Cl2FN7O7. The minimum Gasteiger partial charge on any atom is -0.352 e. The number of aryl methyl sites for hydroxylation is 1. The van der Waals surface area contributed by atoms with Gasteiger partial charge in [0, 0.05) is 61.9 Å². The van der Waals surface area contributed by atoms with E-state index in [9.17, 15) is 28.8 Å². The van der Waals surface area contributed by atoms with Gasteiger partial charge in [0.05, 0.1) is 27.8 Å². The highest BCUT2D eigenvalue weighted by Crippen LogP contribution is 2.64. The number of rotatable bonds is 6. The summed E-state index contributed by atoms with van der Waals surface area (Å²) in [4.78, 5) is 98.4. The van der Waals surface area contributed by atoms with Crippen LogP contribution < -0.4 is 26.5 Å². The number of likely N-dealkylation sites (tertiary alicyclic amines) is 1. The first-order chi connectivity index (χ1) is 32.1. The molecule has 4 atom stereocenters. The molecular weight excluding hydrogens is 900 g/mol. The second-order valence-electron chi connectivity index (χ2n) is 19.6. The van der Waals surface area contributed by atoms with E-state index >= 15 is 9.18 Å². The average molecular weight is 955 g/mol. The zero-order chi connectivity index (χ0) is 47.1. The van der Waals surface area contributed by atoms with Crippen LogP contribution in [0.5, 0.6) is 0 Å².